The number of rotatable bonds is 12. The predicted octanol–water partition coefficient (Wildman–Crippen LogP) is 3.00. The van der Waals surface area contributed by atoms with Crippen molar-refractivity contribution in [1.29, 1.82) is 0 Å². The standard InChI is InChI=1S/C29H36N2O5/c1-29(2,30-18-27(35)23-14-25(33)16-26(34)15-23)17-22-10-6-9-21(11-22)13-28(36)31-24(19-32)12-20-7-4-3-5-8-20/h3-11,14-16,24,27,30,32-35H,12-13,17-19H2,1-2H3,(H,31,36). The Balaban J connectivity index is 1.54. The average Bonchev–Trinajstić information content (AvgIpc) is 2.82. The highest BCUT2D eigenvalue weighted by Crippen LogP contribution is 2.25. The van der Waals surface area contributed by atoms with Crippen LogP contribution in [0.15, 0.2) is 72.8 Å². The van der Waals surface area contributed by atoms with Crippen molar-refractivity contribution in [3.63, 3.8) is 0 Å². The Morgan fingerprint density at radius 1 is 0.889 bits per heavy atom. The van der Waals surface area contributed by atoms with E-state index < -0.39 is 6.10 Å². The molecule has 36 heavy (non-hydrogen) atoms. The highest BCUT2D eigenvalue weighted by Gasteiger charge is 2.21. The van der Waals surface area contributed by atoms with Crippen molar-refractivity contribution in [3.05, 3.63) is 95.1 Å². The summed E-state index contributed by atoms with van der Waals surface area (Å²) in [6.07, 6.45) is 0.546. The Kier molecular flexibility index (Phi) is 9.47. The summed E-state index contributed by atoms with van der Waals surface area (Å²) in [5.74, 6) is -0.346. The maximum absolute atomic E-state index is 12.6. The van der Waals surface area contributed by atoms with Gasteiger partial charge in [0.15, 0.2) is 0 Å². The molecule has 0 aliphatic carbocycles. The number of phenols is 2. The lowest BCUT2D eigenvalue weighted by molar-refractivity contribution is -0.121. The number of benzene rings is 3. The molecule has 0 radical (unpaired) electrons. The summed E-state index contributed by atoms with van der Waals surface area (Å²) in [6.45, 7) is 4.15. The van der Waals surface area contributed by atoms with Gasteiger partial charge in [0.1, 0.15) is 11.5 Å². The molecule has 0 bridgehead atoms. The molecule has 0 aromatic heterocycles. The molecule has 2 unspecified atom stereocenters. The molecule has 0 saturated carbocycles. The van der Waals surface area contributed by atoms with Gasteiger partial charge in [-0.3, -0.25) is 4.79 Å². The van der Waals surface area contributed by atoms with Crippen LogP contribution < -0.4 is 10.6 Å². The van der Waals surface area contributed by atoms with Gasteiger partial charge >= 0.3 is 0 Å². The number of aliphatic hydroxyl groups is 2. The van der Waals surface area contributed by atoms with Crippen LogP contribution in [0.25, 0.3) is 0 Å². The monoisotopic (exact) mass is 492 g/mol. The van der Waals surface area contributed by atoms with Crippen molar-refractivity contribution in [1.82, 2.24) is 10.6 Å². The second-order valence-electron chi connectivity index (χ2n) is 9.87. The van der Waals surface area contributed by atoms with Gasteiger partial charge in [-0.1, -0.05) is 54.6 Å². The van der Waals surface area contributed by atoms with Crippen LogP contribution in [0.1, 0.15) is 42.2 Å². The molecular formula is C29H36N2O5. The Morgan fingerprint density at radius 3 is 2.19 bits per heavy atom. The fourth-order valence-electron chi connectivity index (χ4n) is 4.25. The first-order chi connectivity index (χ1) is 17.1. The van der Waals surface area contributed by atoms with Gasteiger partial charge in [0.2, 0.25) is 5.91 Å². The molecule has 6 N–H and O–H groups in total. The van der Waals surface area contributed by atoms with Crippen LogP contribution in [-0.4, -0.2) is 51.1 Å². The first-order valence-electron chi connectivity index (χ1n) is 12.1. The van der Waals surface area contributed by atoms with Crippen molar-refractivity contribution in [2.75, 3.05) is 13.2 Å². The quantitative estimate of drug-likeness (QED) is 0.231. The number of nitrogens with one attached hydrogen (secondary N) is 2. The zero-order valence-electron chi connectivity index (χ0n) is 20.8. The van der Waals surface area contributed by atoms with Gasteiger partial charge in [-0.05, 0) is 61.1 Å². The van der Waals surface area contributed by atoms with Gasteiger partial charge in [0, 0.05) is 18.2 Å². The Labute approximate surface area is 212 Å². The van der Waals surface area contributed by atoms with Crippen LogP contribution in [0.4, 0.5) is 0 Å². The van der Waals surface area contributed by atoms with E-state index in [-0.39, 0.29) is 48.6 Å². The summed E-state index contributed by atoms with van der Waals surface area (Å²) in [4.78, 5) is 12.6. The fourth-order valence-corrected chi connectivity index (χ4v) is 4.25. The van der Waals surface area contributed by atoms with E-state index in [0.717, 1.165) is 16.7 Å². The second kappa shape index (κ2) is 12.5. The molecule has 0 aliphatic heterocycles. The Morgan fingerprint density at radius 2 is 1.53 bits per heavy atom. The number of carbonyl (C=O) groups excluding carboxylic acids is 1. The fraction of sp³-hybridized carbons (Fsp3) is 0.345. The molecule has 192 valence electrons. The van der Waals surface area contributed by atoms with Gasteiger partial charge in [-0.2, -0.15) is 0 Å². The topological polar surface area (TPSA) is 122 Å². The summed E-state index contributed by atoms with van der Waals surface area (Å²) in [7, 11) is 0. The molecule has 7 heteroatoms. The summed E-state index contributed by atoms with van der Waals surface area (Å²) >= 11 is 0. The minimum absolute atomic E-state index is 0.102. The van der Waals surface area contributed by atoms with E-state index in [1.165, 1.54) is 18.2 Å². The Bertz CT molecular complexity index is 1110. The van der Waals surface area contributed by atoms with E-state index in [9.17, 15) is 25.2 Å². The first kappa shape index (κ1) is 27.2. The van der Waals surface area contributed by atoms with Crippen LogP contribution in [0.2, 0.25) is 0 Å². The van der Waals surface area contributed by atoms with E-state index in [0.29, 0.717) is 18.4 Å². The van der Waals surface area contributed by atoms with Crippen LogP contribution >= 0.6 is 0 Å². The molecular weight excluding hydrogens is 456 g/mol. The number of phenolic OH excluding ortho intramolecular Hbond substituents is 2. The van der Waals surface area contributed by atoms with Gasteiger partial charge in [-0.15, -0.1) is 0 Å². The average molecular weight is 493 g/mol. The van der Waals surface area contributed by atoms with Gasteiger partial charge in [0.05, 0.1) is 25.2 Å². The maximum atomic E-state index is 12.6. The smallest absolute Gasteiger partial charge is 0.224 e. The van der Waals surface area contributed by atoms with E-state index in [4.69, 9.17) is 0 Å². The zero-order valence-corrected chi connectivity index (χ0v) is 20.8. The van der Waals surface area contributed by atoms with Crippen LogP contribution in [0.3, 0.4) is 0 Å². The minimum atomic E-state index is -0.896. The van der Waals surface area contributed by atoms with E-state index in [1.54, 1.807) is 0 Å². The first-order valence-corrected chi connectivity index (χ1v) is 12.1. The lowest BCUT2D eigenvalue weighted by Gasteiger charge is -2.28. The number of hydrogen-bond acceptors (Lipinski definition) is 6. The second-order valence-corrected chi connectivity index (χ2v) is 9.87. The van der Waals surface area contributed by atoms with Crippen molar-refractivity contribution in [2.24, 2.45) is 0 Å². The molecule has 0 aliphatic rings. The lowest BCUT2D eigenvalue weighted by atomic mass is 9.93. The van der Waals surface area contributed by atoms with Crippen molar-refractivity contribution < 1.29 is 25.2 Å². The van der Waals surface area contributed by atoms with Crippen LogP contribution in [0, 0.1) is 0 Å². The number of aromatic hydroxyl groups is 2. The van der Waals surface area contributed by atoms with E-state index in [2.05, 4.69) is 10.6 Å². The SMILES string of the molecule is CC(C)(Cc1cccc(CC(=O)NC(CO)Cc2ccccc2)c1)NCC(O)c1cc(O)cc(O)c1. The van der Waals surface area contributed by atoms with Gasteiger partial charge < -0.3 is 31.1 Å². The molecule has 3 rings (SSSR count). The predicted molar refractivity (Wildman–Crippen MR) is 140 cm³/mol. The number of carbonyl (C=O) groups is 1. The highest BCUT2D eigenvalue weighted by atomic mass is 16.3. The molecule has 2 atom stereocenters. The van der Waals surface area contributed by atoms with Crippen molar-refractivity contribution in [3.8, 4) is 11.5 Å². The molecule has 3 aromatic rings. The number of β-amino-alcohol motifs (C(OH)–C–C–N with tert-alkyl or cyclic N) is 1. The largest absolute Gasteiger partial charge is 0.508 e. The van der Waals surface area contributed by atoms with Gasteiger partial charge in [0.25, 0.3) is 0 Å². The summed E-state index contributed by atoms with van der Waals surface area (Å²) < 4.78 is 0. The number of aliphatic hydroxyl groups excluding tert-OH is 2. The van der Waals surface area contributed by atoms with Crippen molar-refractivity contribution >= 4 is 5.91 Å². The molecule has 0 saturated heterocycles. The molecule has 0 spiro atoms. The third kappa shape index (κ3) is 8.68. The van der Waals surface area contributed by atoms with Crippen LogP contribution in [-0.2, 0) is 24.1 Å². The zero-order chi connectivity index (χ0) is 26.1. The number of hydrogen-bond donors (Lipinski definition) is 6. The molecule has 3 aromatic carbocycles. The highest BCUT2D eigenvalue weighted by molar-refractivity contribution is 5.79. The summed E-state index contributed by atoms with van der Waals surface area (Å²) in [5.41, 5.74) is 3.05. The maximum Gasteiger partial charge on any atom is 0.224 e. The Hall–Kier alpha value is -3.39. The molecule has 1 amide bonds. The molecule has 7 nitrogen and oxygen atoms in total. The van der Waals surface area contributed by atoms with E-state index >= 15 is 0 Å². The molecule has 0 fully saturated rings. The lowest BCUT2D eigenvalue weighted by Crippen LogP contribution is -2.43. The van der Waals surface area contributed by atoms with Crippen molar-refractivity contribution in [2.45, 2.75) is 50.8 Å². The normalized spacial score (nSPS) is 13.2. The summed E-state index contributed by atoms with van der Waals surface area (Å²) in [6, 6.07) is 21.3. The van der Waals surface area contributed by atoms with Gasteiger partial charge in [-0.25, -0.2) is 0 Å². The minimum Gasteiger partial charge on any atom is -0.508 e. The third-order valence-electron chi connectivity index (χ3n) is 6.00. The van der Waals surface area contributed by atoms with Crippen LogP contribution in [0.5, 0.6) is 11.5 Å². The molecule has 0 heterocycles. The number of amides is 1. The summed E-state index contributed by atoms with van der Waals surface area (Å²) in [5, 5.41) is 45.7. The van der Waals surface area contributed by atoms with E-state index in [1.807, 2.05) is 68.4 Å². The third-order valence-corrected chi connectivity index (χ3v) is 6.00.